The second-order valence-corrected chi connectivity index (χ2v) is 3.09. The predicted molar refractivity (Wildman–Crippen MR) is 51.1 cm³/mol. The molecule has 0 radical (unpaired) electrons. The van der Waals surface area contributed by atoms with Crippen molar-refractivity contribution in [1.82, 2.24) is 5.32 Å². The topological polar surface area (TPSA) is 49.3 Å². The average Bonchev–Trinajstić information content (AvgIpc) is 2.66. The van der Waals surface area contributed by atoms with Crippen LogP contribution >= 0.6 is 0 Å². The Morgan fingerprint density at radius 2 is 2.15 bits per heavy atom. The Morgan fingerprint density at radius 3 is 2.62 bits per heavy atom. The maximum atomic E-state index is 11.4. The molecule has 0 aliphatic heterocycles. The summed E-state index contributed by atoms with van der Waals surface area (Å²) in [5.74, 6) is -0.188. The first-order chi connectivity index (χ1) is 6.27. The first-order valence-electron chi connectivity index (χ1n) is 4.54. The maximum absolute atomic E-state index is 11.4. The summed E-state index contributed by atoms with van der Waals surface area (Å²) in [4.78, 5) is 11.4. The summed E-state index contributed by atoms with van der Waals surface area (Å²) in [5, 5.41) is 11.6. The predicted octanol–water partition coefficient (Wildman–Crippen LogP) is 0.616. The standard InChI is InChI=1S/C10H15NO2/c1-2-9(7-12)11-10(13)8-5-3-4-6-8/h3-6,8-9,12H,2,7H2,1H3,(H,11,13). The highest BCUT2D eigenvalue weighted by Gasteiger charge is 2.16. The van der Waals surface area contributed by atoms with E-state index in [1.165, 1.54) is 0 Å². The summed E-state index contributed by atoms with van der Waals surface area (Å²) >= 11 is 0. The fourth-order valence-electron chi connectivity index (χ4n) is 1.18. The third-order valence-electron chi connectivity index (χ3n) is 2.11. The molecule has 0 fully saturated rings. The van der Waals surface area contributed by atoms with E-state index in [-0.39, 0.29) is 24.5 Å². The number of nitrogens with one attached hydrogen (secondary N) is 1. The highest BCUT2D eigenvalue weighted by Crippen LogP contribution is 2.08. The summed E-state index contributed by atoms with van der Waals surface area (Å²) in [7, 11) is 0. The lowest BCUT2D eigenvalue weighted by Gasteiger charge is -2.15. The Hall–Kier alpha value is -1.09. The van der Waals surface area contributed by atoms with Gasteiger partial charge in [-0.25, -0.2) is 0 Å². The van der Waals surface area contributed by atoms with Crippen LogP contribution in [-0.4, -0.2) is 23.7 Å². The van der Waals surface area contributed by atoms with Crippen LogP contribution < -0.4 is 5.32 Å². The SMILES string of the molecule is CCC(CO)NC(=O)C1C=CC=C1. The van der Waals surface area contributed by atoms with Crippen LogP contribution in [0.1, 0.15) is 13.3 Å². The Balaban J connectivity index is 2.40. The zero-order valence-electron chi connectivity index (χ0n) is 7.73. The maximum Gasteiger partial charge on any atom is 0.231 e. The third kappa shape index (κ3) is 2.70. The molecule has 0 heterocycles. The monoisotopic (exact) mass is 181 g/mol. The molecule has 0 aromatic rings. The van der Waals surface area contributed by atoms with E-state index in [1.807, 2.05) is 31.2 Å². The quantitative estimate of drug-likeness (QED) is 0.667. The van der Waals surface area contributed by atoms with Gasteiger partial charge in [0, 0.05) is 0 Å². The molecule has 0 saturated heterocycles. The molecule has 1 aliphatic carbocycles. The van der Waals surface area contributed by atoms with Crippen LogP contribution in [0.25, 0.3) is 0 Å². The smallest absolute Gasteiger partial charge is 0.231 e. The van der Waals surface area contributed by atoms with E-state index in [0.29, 0.717) is 0 Å². The molecule has 0 spiro atoms. The molecule has 0 aromatic carbocycles. The molecular weight excluding hydrogens is 166 g/mol. The van der Waals surface area contributed by atoms with Crippen LogP contribution in [-0.2, 0) is 4.79 Å². The van der Waals surface area contributed by atoms with Gasteiger partial charge < -0.3 is 10.4 Å². The number of hydrogen-bond donors (Lipinski definition) is 2. The molecule has 3 nitrogen and oxygen atoms in total. The third-order valence-corrected chi connectivity index (χ3v) is 2.11. The molecule has 1 unspecified atom stereocenters. The van der Waals surface area contributed by atoms with Gasteiger partial charge in [-0.3, -0.25) is 4.79 Å². The van der Waals surface area contributed by atoms with E-state index in [4.69, 9.17) is 5.11 Å². The van der Waals surface area contributed by atoms with Crippen molar-refractivity contribution >= 4 is 5.91 Å². The van der Waals surface area contributed by atoms with E-state index in [0.717, 1.165) is 6.42 Å². The number of allylic oxidation sites excluding steroid dienone is 2. The summed E-state index contributed by atoms with van der Waals surface area (Å²) in [6, 6.07) is -0.116. The van der Waals surface area contributed by atoms with Crippen molar-refractivity contribution in [1.29, 1.82) is 0 Å². The minimum atomic E-state index is -0.152. The molecule has 1 atom stereocenters. The van der Waals surface area contributed by atoms with E-state index in [1.54, 1.807) is 0 Å². The summed E-state index contributed by atoms with van der Waals surface area (Å²) in [6.45, 7) is 1.93. The fourth-order valence-corrected chi connectivity index (χ4v) is 1.18. The second kappa shape index (κ2) is 4.82. The highest BCUT2D eigenvalue weighted by atomic mass is 16.3. The van der Waals surface area contributed by atoms with E-state index in [9.17, 15) is 4.79 Å². The lowest BCUT2D eigenvalue weighted by Crippen LogP contribution is -2.39. The molecule has 1 amide bonds. The normalized spacial score (nSPS) is 17.7. The van der Waals surface area contributed by atoms with Gasteiger partial charge in [0.15, 0.2) is 0 Å². The zero-order chi connectivity index (χ0) is 9.68. The van der Waals surface area contributed by atoms with Crippen molar-refractivity contribution in [2.45, 2.75) is 19.4 Å². The van der Waals surface area contributed by atoms with Crippen molar-refractivity contribution in [2.75, 3.05) is 6.61 Å². The summed E-state index contributed by atoms with van der Waals surface area (Å²) in [6.07, 6.45) is 8.12. The van der Waals surface area contributed by atoms with Gasteiger partial charge in [-0.15, -0.1) is 0 Å². The number of aliphatic hydroxyl groups is 1. The minimum Gasteiger partial charge on any atom is -0.394 e. The van der Waals surface area contributed by atoms with Gasteiger partial charge in [0.05, 0.1) is 18.6 Å². The Labute approximate surface area is 78.1 Å². The number of hydrogen-bond acceptors (Lipinski definition) is 2. The number of aliphatic hydroxyl groups excluding tert-OH is 1. The molecule has 2 N–H and O–H groups in total. The zero-order valence-corrected chi connectivity index (χ0v) is 7.73. The molecule has 0 bridgehead atoms. The molecule has 0 saturated carbocycles. The Bertz CT molecular complexity index is 217. The molecular formula is C10H15NO2. The van der Waals surface area contributed by atoms with Gasteiger partial charge in [0.1, 0.15) is 0 Å². The molecule has 0 aromatic heterocycles. The van der Waals surface area contributed by atoms with E-state index >= 15 is 0 Å². The first kappa shape index (κ1) is 9.99. The number of rotatable bonds is 4. The minimum absolute atomic E-state index is 0.00237. The number of carbonyl (C=O) groups is 1. The van der Waals surface area contributed by atoms with Gasteiger partial charge in [-0.2, -0.15) is 0 Å². The number of carbonyl (C=O) groups excluding carboxylic acids is 1. The lowest BCUT2D eigenvalue weighted by atomic mass is 10.1. The van der Waals surface area contributed by atoms with Crippen LogP contribution in [0.2, 0.25) is 0 Å². The van der Waals surface area contributed by atoms with Crippen molar-refractivity contribution in [3.63, 3.8) is 0 Å². The Morgan fingerprint density at radius 1 is 1.54 bits per heavy atom. The van der Waals surface area contributed by atoms with Crippen molar-refractivity contribution in [2.24, 2.45) is 5.92 Å². The second-order valence-electron chi connectivity index (χ2n) is 3.09. The van der Waals surface area contributed by atoms with Crippen LogP contribution in [0.5, 0.6) is 0 Å². The van der Waals surface area contributed by atoms with Gasteiger partial charge in [-0.1, -0.05) is 31.2 Å². The van der Waals surface area contributed by atoms with Gasteiger partial charge in [0.25, 0.3) is 0 Å². The molecule has 1 rings (SSSR count). The van der Waals surface area contributed by atoms with E-state index in [2.05, 4.69) is 5.32 Å². The lowest BCUT2D eigenvalue weighted by molar-refractivity contribution is -0.123. The van der Waals surface area contributed by atoms with Crippen LogP contribution in [0.4, 0.5) is 0 Å². The molecule has 3 heteroatoms. The van der Waals surface area contributed by atoms with Crippen molar-refractivity contribution in [3.8, 4) is 0 Å². The van der Waals surface area contributed by atoms with Crippen LogP contribution in [0, 0.1) is 5.92 Å². The van der Waals surface area contributed by atoms with Gasteiger partial charge in [-0.05, 0) is 6.42 Å². The Kier molecular flexibility index (Phi) is 3.71. The largest absolute Gasteiger partial charge is 0.394 e. The average molecular weight is 181 g/mol. The fraction of sp³-hybridized carbons (Fsp3) is 0.500. The van der Waals surface area contributed by atoms with Crippen molar-refractivity contribution < 1.29 is 9.90 Å². The van der Waals surface area contributed by atoms with E-state index < -0.39 is 0 Å². The van der Waals surface area contributed by atoms with Crippen LogP contribution in [0.15, 0.2) is 24.3 Å². The summed E-state index contributed by atoms with van der Waals surface area (Å²) in [5.41, 5.74) is 0. The summed E-state index contributed by atoms with van der Waals surface area (Å²) < 4.78 is 0. The number of amides is 1. The molecule has 1 aliphatic rings. The van der Waals surface area contributed by atoms with Gasteiger partial charge in [0.2, 0.25) is 5.91 Å². The molecule has 72 valence electrons. The van der Waals surface area contributed by atoms with Crippen molar-refractivity contribution in [3.05, 3.63) is 24.3 Å². The first-order valence-corrected chi connectivity index (χ1v) is 4.54. The van der Waals surface area contributed by atoms with Gasteiger partial charge >= 0.3 is 0 Å². The molecule has 13 heavy (non-hydrogen) atoms. The highest BCUT2D eigenvalue weighted by molar-refractivity contribution is 5.83. The van der Waals surface area contributed by atoms with Crippen LogP contribution in [0.3, 0.4) is 0 Å².